The van der Waals surface area contributed by atoms with Gasteiger partial charge in [-0.25, -0.2) is 4.79 Å². The average molecular weight is 261 g/mol. The van der Waals surface area contributed by atoms with E-state index >= 15 is 0 Å². The fourth-order valence-corrected chi connectivity index (χ4v) is 1.33. The van der Waals surface area contributed by atoms with Crippen molar-refractivity contribution >= 4 is 11.9 Å². The van der Waals surface area contributed by atoms with Crippen molar-refractivity contribution in [3.63, 3.8) is 0 Å². The first-order valence-corrected chi connectivity index (χ1v) is 6.20. The van der Waals surface area contributed by atoms with Crippen LogP contribution in [0.25, 0.3) is 0 Å². The zero-order valence-corrected chi connectivity index (χ0v) is 11.3. The molecule has 18 heavy (non-hydrogen) atoms. The van der Waals surface area contributed by atoms with Gasteiger partial charge in [0.05, 0.1) is 13.2 Å². The lowest BCUT2D eigenvalue weighted by molar-refractivity contribution is -0.144. The van der Waals surface area contributed by atoms with Crippen LogP contribution in [0.4, 0.5) is 0 Å². The number of carbonyl (C=O) groups is 2. The molecule has 0 saturated heterocycles. The Labute approximate surface area is 108 Å². The highest BCUT2D eigenvalue weighted by Crippen LogP contribution is 2.07. The molecule has 0 aromatic rings. The van der Waals surface area contributed by atoms with Gasteiger partial charge in [0.2, 0.25) is 5.91 Å². The Kier molecular flexibility index (Phi) is 9.22. The summed E-state index contributed by atoms with van der Waals surface area (Å²) in [5.41, 5.74) is 0. The maximum Gasteiger partial charge on any atom is 0.326 e. The van der Waals surface area contributed by atoms with Crippen molar-refractivity contribution in [1.29, 1.82) is 0 Å². The molecule has 0 aromatic heterocycles. The minimum Gasteiger partial charge on any atom is -0.480 e. The van der Waals surface area contributed by atoms with E-state index in [-0.39, 0.29) is 12.5 Å². The first-order chi connectivity index (χ1) is 8.52. The standard InChI is InChI=1S/C12H23NO5/c1-4-9(3)11(12(15)16)13-10(14)8-18-7-6-17-5-2/h9,11H,4-8H2,1-3H3,(H,13,14)(H,15,16)/t9-,11-/m0/s1. The summed E-state index contributed by atoms with van der Waals surface area (Å²) < 4.78 is 10.1. The molecule has 0 unspecified atom stereocenters. The number of carboxylic acids is 1. The van der Waals surface area contributed by atoms with E-state index in [9.17, 15) is 9.59 Å². The Hall–Kier alpha value is -1.14. The number of carbonyl (C=O) groups excluding carboxylic acids is 1. The third-order valence-corrected chi connectivity index (χ3v) is 2.60. The van der Waals surface area contributed by atoms with E-state index in [1.165, 1.54) is 0 Å². The van der Waals surface area contributed by atoms with Crippen molar-refractivity contribution in [1.82, 2.24) is 5.32 Å². The molecule has 0 aliphatic heterocycles. The molecule has 0 fully saturated rings. The minimum atomic E-state index is -1.02. The van der Waals surface area contributed by atoms with Crippen LogP contribution >= 0.6 is 0 Å². The first kappa shape index (κ1) is 16.9. The molecule has 1 amide bonds. The fourth-order valence-electron chi connectivity index (χ4n) is 1.33. The third-order valence-electron chi connectivity index (χ3n) is 2.60. The molecule has 0 heterocycles. The molecule has 6 nitrogen and oxygen atoms in total. The van der Waals surface area contributed by atoms with Crippen LogP contribution in [0.5, 0.6) is 0 Å². The van der Waals surface area contributed by atoms with Crippen molar-refractivity contribution in [2.45, 2.75) is 33.2 Å². The molecule has 0 saturated carbocycles. The molecule has 0 aliphatic rings. The predicted molar refractivity (Wildman–Crippen MR) is 66.3 cm³/mol. The highest BCUT2D eigenvalue weighted by Gasteiger charge is 2.24. The van der Waals surface area contributed by atoms with Crippen molar-refractivity contribution < 1.29 is 24.2 Å². The van der Waals surface area contributed by atoms with Crippen molar-refractivity contribution in [3.8, 4) is 0 Å². The van der Waals surface area contributed by atoms with Crippen LogP contribution in [0.1, 0.15) is 27.2 Å². The summed E-state index contributed by atoms with van der Waals surface area (Å²) in [5, 5.41) is 11.4. The summed E-state index contributed by atoms with van der Waals surface area (Å²) in [7, 11) is 0. The van der Waals surface area contributed by atoms with Crippen molar-refractivity contribution in [2.75, 3.05) is 26.4 Å². The Morgan fingerprint density at radius 2 is 1.83 bits per heavy atom. The summed E-state index contributed by atoms with van der Waals surface area (Å²) in [5.74, 6) is -1.55. The van der Waals surface area contributed by atoms with E-state index in [0.717, 1.165) is 0 Å². The number of carboxylic acid groups (broad SMARTS) is 1. The fraction of sp³-hybridized carbons (Fsp3) is 0.833. The number of hydrogen-bond donors (Lipinski definition) is 2. The quantitative estimate of drug-likeness (QED) is 0.564. The lowest BCUT2D eigenvalue weighted by Crippen LogP contribution is -2.46. The number of hydrogen-bond acceptors (Lipinski definition) is 4. The van der Waals surface area contributed by atoms with Gasteiger partial charge in [-0.05, 0) is 12.8 Å². The first-order valence-electron chi connectivity index (χ1n) is 6.20. The number of amides is 1. The van der Waals surface area contributed by atoms with E-state index in [2.05, 4.69) is 5.32 Å². The second-order valence-electron chi connectivity index (χ2n) is 4.02. The van der Waals surface area contributed by atoms with Crippen LogP contribution in [0.3, 0.4) is 0 Å². The van der Waals surface area contributed by atoms with Gasteiger partial charge in [0, 0.05) is 6.61 Å². The highest BCUT2D eigenvalue weighted by molar-refractivity contribution is 5.84. The van der Waals surface area contributed by atoms with E-state index in [0.29, 0.717) is 26.2 Å². The van der Waals surface area contributed by atoms with Crippen LogP contribution in [0.15, 0.2) is 0 Å². The van der Waals surface area contributed by atoms with E-state index in [1.54, 1.807) is 6.92 Å². The van der Waals surface area contributed by atoms with Crippen molar-refractivity contribution in [3.05, 3.63) is 0 Å². The Morgan fingerprint density at radius 3 is 2.33 bits per heavy atom. The van der Waals surface area contributed by atoms with Gasteiger partial charge in [-0.2, -0.15) is 0 Å². The molecule has 0 aliphatic carbocycles. The van der Waals surface area contributed by atoms with Crippen LogP contribution in [0, 0.1) is 5.92 Å². The molecule has 0 aromatic carbocycles. The maximum atomic E-state index is 11.5. The van der Waals surface area contributed by atoms with Crippen molar-refractivity contribution in [2.24, 2.45) is 5.92 Å². The van der Waals surface area contributed by atoms with Crippen LogP contribution in [-0.4, -0.2) is 49.5 Å². The van der Waals surface area contributed by atoms with Gasteiger partial charge in [-0.3, -0.25) is 4.79 Å². The SMILES string of the molecule is CCOCCOCC(=O)N[C@H](C(=O)O)[C@@H](C)CC. The molecular formula is C12H23NO5. The van der Waals surface area contributed by atoms with Gasteiger partial charge in [-0.15, -0.1) is 0 Å². The summed E-state index contributed by atoms with van der Waals surface area (Å²) in [6.07, 6.45) is 0.683. The second-order valence-corrected chi connectivity index (χ2v) is 4.02. The largest absolute Gasteiger partial charge is 0.480 e. The molecule has 106 valence electrons. The summed E-state index contributed by atoms with van der Waals surface area (Å²) in [6, 6.07) is -0.863. The maximum absolute atomic E-state index is 11.5. The lowest BCUT2D eigenvalue weighted by atomic mass is 9.99. The van der Waals surface area contributed by atoms with Crippen LogP contribution in [-0.2, 0) is 19.1 Å². The van der Waals surface area contributed by atoms with Crippen LogP contribution in [0.2, 0.25) is 0 Å². The topological polar surface area (TPSA) is 84.9 Å². The number of aliphatic carboxylic acids is 1. The monoisotopic (exact) mass is 261 g/mol. The molecule has 0 bridgehead atoms. The van der Waals surface area contributed by atoms with E-state index in [4.69, 9.17) is 14.6 Å². The number of ether oxygens (including phenoxy) is 2. The molecule has 6 heteroatoms. The molecule has 0 rings (SSSR count). The molecular weight excluding hydrogens is 238 g/mol. The van der Waals surface area contributed by atoms with Gasteiger partial charge >= 0.3 is 5.97 Å². The van der Waals surface area contributed by atoms with Crippen LogP contribution < -0.4 is 5.32 Å². The van der Waals surface area contributed by atoms with E-state index < -0.39 is 17.9 Å². The Bertz CT molecular complexity index is 257. The number of nitrogens with one attached hydrogen (secondary N) is 1. The zero-order chi connectivity index (χ0) is 14.0. The Balaban J connectivity index is 3.92. The molecule has 2 N–H and O–H groups in total. The Morgan fingerprint density at radius 1 is 1.22 bits per heavy atom. The van der Waals surface area contributed by atoms with Gasteiger partial charge in [-0.1, -0.05) is 20.3 Å². The second kappa shape index (κ2) is 9.85. The summed E-state index contributed by atoms with van der Waals surface area (Å²) >= 11 is 0. The third kappa shape index (κ3) is 7.24. The average Bonchev–Trinajstić information content (AvgIpc) is 2.34. The highest BCUT2D eigenvalue weighted by atomic mass is 16.5. The molecule has 2 atom stereocenters. The van der Waals surface area contributed by atoms with Gasteiger partial charge < -0.3 is 19.9 Å². The van der Waals surface area contributed by atoms with E-state index in [1.807, 2.05) is 13.8 Å². The van der Waals surface area contributed by atoms with Gasteiger partial charge in [0.15, 0.2) is 0 Å². The predicted octanol–water partition coefficient (Wildman–Crippen LogP) is 0.655. The smallest absolute Gasteiger partial charge is 0.326 e. The summed E-state index contributed by atoms with van der Waals surface area (Å²) in [4.78, 5) is 22.4. The van der Waals surface area contributed by atoms with Gasteiger partial charge in [0.1, 0.15) is 12.6 Å². The van der Waals surface area contributed by atoms with Gasteiger partial charge in [0.25, 0.3) is 0 Å². The molecule has 0 radical (unpaired) electrons. The summed E-state index contributed by atoms with van der Waals surface area (Å²) in [6.45, 7) is 6.74. The molecule has 0 spiro atoms. The zero-order valence-electron chi connectivity index (χ0n) is 11.3. The lowest BCUT2D eigenvalue weighted by Gasteiger charge is -2.20. The number of rotatable bonds is 10. The minimum absolute atomic E-state index is 0.116. The normalized spacial score (nSPS) is 13.9.